The second-order valence-corrected chi connectivity index (χ2v) is 5.08. The normalized spacial score (nSPS) is 10.2. The zero-order valence-corrected chi connectivity index (χ0v) is 13.5. The molecule has 0 aliphatic heterocycles. The number of para-hydroxylation sites is 1. The minimum Gasteiger partial charge on any atom is -0.496 e. The van der Waals surface area contributed by atoms with E-state index in [0.29, 0.717) is 17.0 Å². The molecular weight excluding hydrogens is 292 g/mol. The number of hydrogen-bond acceptors (Lipinski definition) is 4. The first-order valence-electron chi connectivity index (χ1n) is 7.55. The third kappa shape index (κ3) is 4.47. The Bertz CT molecular complexity index is 644. The number of anilines is 2. The predicted octanol–water partition coefficient (Wildman–Crippen LogP) is 2.65. The molecule has 0 heterocycles. The fraction of sp³-hybridized carbons (Fsp3) is 0.278. The quantitative estimate of drug-likeness (QED) is 0.825. The first kappa shape index (κ1) is 16.8. The summed E-state index contributed by atoms with van der Waals surface area (Å²) in [6.07, 6.45) is 0. The third-order valence-corrected chi connectivity index (χ3v) is 3.57. The lowest BCUT2D eigenvalue weighted by molar-refractivity contribution is -0.115. The van der Waals surface area contributed by atoms with Crippen molar-refractivity contribution in [3.8, 4) is 5.75 Å². The van der Waals surface area contributed by atoms with Gasteiger partial charge in [0.2, 0.25) is 5.91 Å². The van der Waals surface area contributed by atoms with Crippen LogP contribution in [0.1, 0.15) is 12.5 Å². The molecule has 5 heteroatoms. The maximum atomic E-state index is 12.3. The largest absolute Gasteiger partial charge is 0.496 e. The Morgan fingerprint density at radius 2 is 1.96 bits per heavy atom. The standard InChI is InChI=1S/C18H22N2O3/c1-3-20(16-7-5-4-6-8-16)12-18(22)19-15-9-10-17(23-2)14(11-15)13-21/h4-11,21H,3,12-13H2,1-2H3,(H,19,22). The van der Waals surface area contributed by atoms with Gasteiger partial charge in [-0.25, -0.2) is 0 Å². The minimum absolute atomic E-state index is 0.107. The summed E-state index contributed by atoms with van der Waals surface area (Å²) in [6.45, 7) is 2.87. The summed E-state index contributed by atoms with van der Waals surface area (Å²) in [5.74, 6) is 0.495. The van der Waals surface area contributed by atoms with Gasteiger partial charge in [0, 0.05) is 23.5 Å². The average Bonchev–Trinajstić information content (AvgIpc) is 2.60. The lowest BCUT2D eigenvalue weighted by Gasteiger charge is -2.22. The van der Waals surface area contributed by atoms with Crippen LogP contribution in [0.5, 0.6) is 5.75 Å². The molecule has 0 radical (unpaired) electrons. The first-order valence-corrected chi connectivity index (χ1v) is 7.55. The van der Waals surface area contributed by atoms with Gasteiger partial charge in [0.15, 0.2) is 0 Å². The van der Waals surface area contributed by atoms with Gasteiger partial charge in [-0.05, 0) is 37.3 Å². The van der Waals surface area contributed by atoms with Crippen LogP contribution in [-0.4, -0.2) is 31.2 Å². The summed E-state index contributed by atoms with van der Waals surface area (Å²) < 4.78 is 5.16. The van der Waals surface area contributed by atoms with Crippen molar-refractivity contribution in [2.24, 2.45) is 0 Å². The molecule has 0 saturated heterocycles. The topological polar surface area (TPSA) is 61.8 Å². The highest BCUT2D eigenvalue weighted by molar-refractivity contribution is 5.94. The van der Waals surface area contributed by atoms with Crippen molar-refractivity contribution in [3.05, 3.63) is 54.1 Å². The van der Waals surface area contributed by atoms with E-state index in [2.05, 4.69) is 5.32 Å². The number of aliphatic hydroxyl groups excluding tert-OH is 1. The van der Waals surface area contributed by atoms with Crippen LogP contribution in [0.2, 0.25) is 0 Å². The van der Waals surface area contributed by atoms with Crippen molar-refractivity contribution in [3.63, 3.8) is 0 Å². The van der Waals surface area contributed by atoms with Gasteiger partial charge >= 0.3 is 0 Å². The van der Waals surface area contributed by atoms with Gasteiger partial charge in [-0.15, -0.1) is 0 Å². The van der Waals surface area contributed by atoms with Crippen LogP contribution in [0.3, 0.4) is 0 Å². The third-order valence-electron chi connectivity index (χ3n) is 3.57. The van der Waals surface area contributed by atoms with E-state index in [1.54, 1.807) is 25.3 Å². The Labute approximate surface area is 136 Å². The summed E-state index contributed by atoms with van der Waals surface area (Å²) >= 11 is 0. The zero-order chi connectivity index (χ0) is 16.7. The number of ether oxygens (including phenoxy) is 1. The highest BCUT2D eigenvalue weighted by Gasteiger charge is 2.11. The lowest BCUT2D eigenvalue weighted by atomic mass is 10.2. The number of methoxy groups -OCH3 is 1. The van der Waals surface area contributed by atoms with E-state index in [0.717, 1.165) is 12.2 Å². The van der Waals surface area contributed by atoms with Crippen LogP contribution in [0.4, 0.5) is 11.4 Å². The first-order chi connectivity index (χ1) is 11.2. The average molecular weight is 314 g/mol. The Kier molecular flexibility index (Phi) is 6.00. The van der Waals surface area contributed by atoms with Gasteiger partial charge in [0.1, 0.15) is 5.75 Å². The van der Waals surface area contributed by atoms with Gasteiger partial charge < -0.3 is 20.1 Å². The van der Waals surface area contributed by atoms with E-state index in [9.17, 15) is 9.90 Å². The van der Waals surface area contributed by atoms with E-state index in [1.807, 2.05) is 42.2 Å². The number of aliphatic hydroxyl groups is 1. The molecule has 23 heavy (non-hydrogen) atoms. The molecule has 0 atom stereocenters. The van der Waals surface area contributed by atoms with Gasteiger partial charge in [-0.2, -0.15) is 0 Å². The number of benzene rings is 2. The van der Waals surface area contributed by atoms with E-state index in [1.165, 1.54) is 0 Å². The number of likely N-dealkylation sites (N-methyl/N-ethyl adjacent to an activating group) is 1. The monoisotopic (exact) mass is 314 g/mol. The predicted molar refractivity (Wildman–Crippen MR) is 91.9 cm³/mol. The molecule has 0 spiro atoms. The molecule has 0 aliphatic rings. The van der Waals surface area contributed by atoms with Gasteiger partial charge in [0.05, 0.1) is 20.3 Å². The molecule has 1 amide bonds. The number of carbonyl (C=O) groups excluding carboxylic acids is 1. The van der Waals surface area contributed by atoms with Crippen LogP contribution in [0.25, 0.3) is 0 Å². The second-order valence-electron chi connectivity index (χ2n) is 5.08. The van der Waals surface area contributed by atoms with Gasteiger partial charge in [-0.1, -0.05) is 18.2 Å². The van der Waals surface area contributed by atoms with Crippen molar-refractivity contribution >= 4 is 17.3 Å². The van der Waals surface area contributed by atoms with E-state index < -0.39 is 0 Å². The van der Waals surface area contributed by atoms with Crippen molar-refractivity contribution < 1.29 is 14.6 Å². The van der Waals surface area contributed by atoms with Crippen molar-refractivity contribution in [2.75, 3.05) is 30.4 Å². The Morgan fingerprint density at radius 1 is 1.22 bits per heavy atom. The molecular formula is C18H22N2O3. The molecule has 2 aromatic carbocycles. The SMILES string of the molecule is CCN(CC(=O)Nc1ccc(OC)c(CO)c1)c1ccccc1. The summed E-state index contributed by atoms with van der Waals surface area (Å²) in [5, 5.41) is 12.2. The van der Waals surface area contributed by atoms with Crippen LogP contribution in [0, 0.1) is 0 Å². The summed E-state index contributed by atoms with van der Waals surface area (Å²) in [5.41, 5.74) is 2.29. The molecule has 0 unspecified atom stereocenters. The number of rotatable bonds is 7. The lowest BCUT2D eigenvalue weighted by Crippen LogP contribution is -2.33. The number of carbonyl (C=O) groups is 1. The Hall–Kier alpha value is -2.53. The van der Waals surface area contributed by atoms with Crippen LogP contribution < -0.4 is 15.0 Å². The smallest absolute Gasteiger partial charge is 0.243 e. The maximum Gasteiger partial charge on any atom is 0.243 e. The molecule has 2 rings (SSSR count). The van der Waals surface area contributed by atoms with Gasteiger partial charge in [-0.3, -0.25) is 4.79 Å². The number of amides is 1. The Balaban J connectivity index is 2.04. The number of nitrogens with zero attached hydrogens (tertiary/aromatic N) is 1. The molecule has 0 aromatic heterocycles. The van der Waals surface area contributed by atoms with E-state index in [-0.39, 0.29) is 19.1 Å². The van der Waals surface area contributed by atoms with E-state index in [4.69, 9.17) is 4.74 Å². The van der Waals surface area contributed by atoms with Crippen molar-refractivity contribution in [1.82, 2.24) is 0 Å². The molecule has 0 bridgehead atoms. The second kappa shape index (κ2) is 8.19. The summed E-state index contributed by atoms with van der Waals surface area (Å²) in [6, 6.07) is 15.0. The highest BCUT2D eigenvalue weighted by Crippen LogP contribution is 2.22. The number of hydrogen-bond donors (Lipinski definition) is 2. The molecule has 5 nitrogen and oxygen atoms in total. The molecule has 122 valence electrons. The fourth-order valence-electron chi connectivity index (χ4n) is 2.38. The highest BCUT2D eigenvalue weighted by atomic mass is 16.5. The zero-order valence-electron chi connectivity index (χ0n) is 13.5. The molecule has 2 N–H and O–H groups in total. The summed E-state index contributed by atoms with van der Waals surface area (Å²) in [4.78, 5) is 14.3. The van der Waals surface area contributed by atoms with Crippen LogP contribution >= 0.6 is 0 Å². The van der Waals surface area contributed by atoms with Crippen LogP contribution in [-0.2, 0) is 11.4 Å². The molecule has 2 aromatic rings. The number of nitrogens with one attached hydrogen (secondary N) is 1. The van der Waals surface area contributed by atoms with Crippen molar-refractivity contribution in [2.45, 2.75) is 13.5 Å². The molecule has 0 aliphatic carbocycles. The van der Waals surface area contributed by atoms with Crippen molar-refractivity contribution in [1.29, 1.82) is 0 Å². The fourth-order valence-corrected chi connectivity index (χ4v) is 2.38. The van der Waals surface area contributed by atoms with Crippen LogP contribution in [0.15, 0.2) is 48.5 Å². The molecule has 0 fully saturated rings. The van der Waals surface area contributed by atoms with E-state index >= 15 is 0 Å². The molecule has 0 saturated carbocycles. The Morgan fingerprint density at radius 3 is 2.57 bits per heavy atom. The maximum absolute atomic E-state index is 12.3. The minimum atomic E-state index is -0.141. The van der Waals surface area contributed by atoms with Gasteiger partial charge in [0.25, 0.3) is 0 Å². The summed E-state index contributed by atoms with van der Waals surface area (Å²) in [7, 11) is 1.55.